The lowest BCUT2D eigenvalue weighted by Gasteiger charge is -2.22. The van der Waals surface area contributed by atoms with Crippen LogP contribution in [0.15, 0.2) is 36.5 Å². The quantitative estimate of drug-likeness (QED) is 0.0420. The average molecular weight is 969 g/mol. The summed E-state index contributed by atoms with van der Waals surface area (Å²) >= 11 is 0. The summed E-state index contributed by atoms with van der Waals surface area (Å²) in [4.78, 5) is 12.5. The second-order valence-corrected chi connectivity index (χ2v) is 21.8. The molecule has 69 heavy (non-hydrogen) atoms. The van der Waals surface area contributed by atoms with Crippen molar-refractivity contribution in [2.24, 2.45) is 0 Å². The van der Waals surface area contributed by atoms with E-state index in [0.29, 0.717) is 12.8 Å². The summed E-state index contributed by atoms with van der Waals surface area (Å²) in [5.41, 5.74) is 0. The molecule has 0 aliphatic heterocycles. The number of amides is 1. The Kier molecular flexibility index (Phi) is 59.7. The highest BCUT2D eigenvalue weighted by atomic mass is 16.3. The molecule has 0 heterocycles. The third kappa shape index (κ3) is 57.4. The van der Waals surface area contributed by atoms with Crippen LogP contribution >= 0.6 is 0 Å². The lowest BCUT2D eigenvalue weighted by Crippen LogP contribution is -2.45. The lowest BCUT2D eigenvalue weighted by atomic mass is 10.0. The Bertz CT molecular complexity index is 1050. The minimum atomic E-state index is -0.660. The second-order valence-electron chi connectivity index (χ2n) is 21.8. The molecule has 0 saturated heterocycles. The van der Waals surface area contributed by atoms with Crippen molar-refractivity contribution in [3.8, 4) is 0 Å². The maximum Gasteiger partial charge on any atom is 0.220 e. The summed E-state index contributed by atoms with van der Waals surface area (Å²) < 4.78 is 0. The minimum Gasteiger partial charge on any atom is -0.394 e. The van der Waals surface area contributed by atoms with Gasteiger partial charge in [-0.2, -0.15) is 0 Å². The summed E-state index contributed by atoms with van der Waals surface area (Å²) in [6.45, 7) is 4.39. The topological polar surface area (TPSA) is 69.6 Å². The molecule has 0 spiro atoms. The molecular formula is C65H125NO3. The van der Waals surface area contributed by atoms with E-state index in [2.05, 4.69) is 55.6 Å². The first-order valence-electron chi connectivity index (χ1n) is 31.7. The van der Waals surface area contributed by atoms with E-state index in [0.717, 1.165) is 38.5 Å². The predicted molar refractivity (Wildman–Crippen MR) is 308 cm³/mol. The maximum atomic E-state index is 12.5. The van der Waals surface area contributed by atoms with E-state index in [9.17, 15) is 15.0 Å². The average Bonchev–Trinajstić information content (AvgIpc) is 3.35. The van der Waals surface area contributed by atoms with Crippen LogP contribution in [-0.4, -0.2) is 34.9 Å². The molecule has 0 radical (unpaired) electrons. The third-order valence-corrected chi connectivity index (χ3v) is 14.9. The highest BCUT2D eigenvalue weighted by Gasteiger charge is 2.20. The number of aliphatic hydroxyl groups excluding tert-OH is 2. The van der Waals surface area contributed by atoms with Gasteiger partial charge in [-0.15, -0.1) is 0 Å². The molecule has 0 aromatic heterocycles. The number of unbranched alkanes of at least 4 members (excludes halogenated alkanes) is 46. The highest BCUT2D eigenvalue weighted by Crippen LogP contribution is 2.18. The standard InChI is InChI=1S/C65H125NO3/c1-3-5-7-9-11-13-15-17-19-21-23-25-27-29-31-32-33-34-35-37-39-41-43-45-47-49-51-53-55-57-59-61-65(69)66-63(62-67)64(68)60-58-56-54-52-50-48-46-44-42-40-38-36-30-28-26-24-22-20-18-16-14-12-10-8-6-4-2/h15,17,21,23,27,29,63-64,67-68H,3-14,16,18-20,22,24-26,28,30-62H2,1-2H3,(H,66,69)/b17-15-,23-21-,29-27-. The molecule has 2 unspecified atom stereocenters. The van der Waals surface area contributed by atoms with E-state index in [-0.39, 0.29) is 12.5 Å². The minimum absolute atomic E-state index is 0.0255. The first-order valence-corrected chi connectivity index (χ1v) is 31.7. The fourth-order valence-electron chi connectivity index (χ4n) is 10.1. The fraction of sp³-hybridized carbons (Fsp3) is 0.892. The van der Waals surface area contributed by atoms with Crippen LogP contribution in [0.1, 0.15) is 354 Å². The maximum absolute atomic E-state index is 12.5. The summed E-state index contributed by atoms with van der Waals surface area (Å²) in [6.07, 6.45) is 83.1. The fourth-order valence-corrected chi connectivity index (χ4v) is 10.1. The van der Waals surface area contributed by atoms with Crippen LogP contribution in [0.5, 0.6) is 0 Å². The van der Waals surface area contributed by atoms with E-state index in [1.807, 2.05) is 0 Å². The second kappa shape index (κ2) is 60.9. The van der Waals surface area contributed by atoms with Crippen LogP contribution in [0.2, 0.25) is 0 Å². The number of hydrogen-bond donors (Lipinski definition) is 3. The molecule has 0 aromatic rings. The molecule has 0 aromatic carbocycles. The van der Waals surface area contributed by atoms with Crippen molar-refractivity contribution >= 4 is 5.91 Å². The zero-order chi connectivity index (χ0) is 49.9. The molecule has 1 amide bonds. The summed E-state index contributed by atoms with van der Waals surface area (Å²) in [7, 11) is 0. The van der Waals surface area contributed by atoms with Gasteiger partial charge in [-0.05, 0) is 51.4 Å². The molecular weight excluding hydrogens is 843 g/mol. The van der Waals surface area contributed by atoms with Gasteiger partial charge in [0, 0.05) is 6.42 Å². The first-order chi connectivity index (χ1) is 34.2. The first kappa shape index (κ1) is 67.6. The predicted octanol–water partition coefficient (Wildman–Crippen LogP) is 21.2. The van der Waals surface area contributed by atoms with Crippen molar-refractivity contribution < 1.29 is 15.0 Å². The van der Waals surface area contributed by atoms with Crippen molar-refractivity contribution in [3.63, 3.8) is 0 Å². The van der Waals surface area contributed by atoms with Gasteiger partial charge in [0.05, 0.1) is 18.8 Å². The number of allylic oxidation sites excluding steroid dienone is 6. The van der Waals surface area contributed by atoms with Crippen LogP contribution in [-0.2, 0) is 4.79 Å². The molecule has 2 atom stereocenters. The Morgan fingerprint density at radius 3 is 0.884 bits per heavy atom. The van der Waals surface area contributed by atoms with Crippen LogP contribution < -0.4 is 5.32 Å². The third-order valence-electron chi connectivity index (χ3n) is 14.9. The lowest BCUT2D eigenvalue weighted by molar-refractivity contribution is -0.123. The van der Waals surface area contributed by atoms with Gasteiger partial charge >= 0.3 is 0 Å². The zero-order valence-electron chi connectivity index (χ0n) is 47.1. The molecule has 0 aliphatic carbocycles. The van der Waals surface area contributed by atoms with Crippen molar-refractivity contribution in [2.45, 2.75) is 366 Å². The van der Waals surface area contributed by atoms with Gasteiger partial charge in [0.2, 0.25) is 5.91 Å². The number of aliphatic hydroxyl groups is 2. The Balaban J connectivity index is 3.42. The van der Waals surface area contributed by atoms with E-state index < -0.39 is 12.1 Å². The number of hydrogen-bond acceptors (Lipinski definition) is 3. The normalized spacial score (nSPS) is 12.9. The molecule has 0 saturated carbocycles. The van der Waals surface area contributed by atoms with E-state index >= 15 is 0 Å². The van der Waals surface area contributed by atoms with Crippen molar-refractivity contribution in [1.82, 2.24) is 5.32 Å². The van der Waals surface area contributed by atoms with Gasteiger partial charge in [-0.25, -0.2) is 0 Å². The summed E-state index contributed by atoms with van der Waals surface area (Å²) in [5.74, 6) is -0.0255. The number of rotatable bonds is 59. The molecule has 4 heteroatoms. The van der Waals surface area contributed by atoms with E-state index in [4.69, 9.17) is 0 Å². The van der Waals surface area contributed by atoms with Crippen LogP contribution in [0.25, 0.3) is 0 Å². The zero-order valence-corrected chi connectivity index (χ0v) is 47.1. The Morgan fingerprint density at radius 2 is 0.594 bits per heavy atom. The molecule has 0 aliphatic rings. The van der Waals surface area contributed by atoms with Gasteiger partial charge < -0.3 is 15.5 Å². The smallest absolute Gasteiger partial charge is 0.220 e. The van der Waals surface area contributed by atoms with Gasteiger partial charge in [0.1, 0.15) is 0 Å². The van der Waals surface area contributed by atoms with E-state index in [1.165, 1.54) is 289 Å². The van der Waals surface area contributed by atoms with Gasteiger partial charge in [-0.1, -0.05) is 333 Å². The summed E-state index contributed by atoms with van der Waals surface area (Å²) in [6, 6.07) is -0.537. The molecule has 0 fully saturated rings. The Hall–Kier alpha value is -1.39. The Morgan fingerprint density at radius 1 is 0.348 bits per heavy atom. The molecule has 0 bridgehead atoms. The Labute approximate surface area is 433 Å². The van der Waals surface area contributed by atoms with Gasteiger partial charge in [0.15, 0.2) is 0 Å². The summed E-state index contributed by atoms with van der Waals surface area (Å²) in [5, 5.41) is 23.4. The van der Waals surface area contributed by atoms with Crippen LogP contribution in [0, 0.1) is 0 Å². The van der Waals surface area contributed by atoms with Gasteiger partial charge in [-0.3, -0.25) is 4.79 Å². The van der Waals surface area contributed by atoms with Crippen LogP contribution in [0.3, 0.4) is 0 Å². The number of carbonyl (C=O) groups excluding carboxylic acids is 1. The van der Waals surface area contributed by atoms with E-state index in [1.54, 1.807) is 0 Å². The SMILES string of the molecule is CCCCCCC/C=C\C/C=C\C/C=C\CCCCCCCCCCCCCCCCCCC(=O)NC(CO)C(O)CCCCCCCCCCCCCCCCCCCCCCCCCCCC. The van der Waals surface area contributed by atoms with Crippen molar-refractivity contribution in [1.29, 1.82) is 0 Å². The molecule has 4 nitrogen and oxygen atoms in total. The molecule has 408 valence electrons. The molecule has 3 N–H and O–H groups in total. The van der Waals surface area contributed by atoms with Crippen molar-refractivity contribution in [2.75, 3.05) is 6.61 Å². The largest absolute Gasteiger partial charge is 0.394 e. The molecule has 0 rings (SSSR count). The highest BCUT2D eigenvalue weighted by molar-refractivity contribution is 5.76. The van der Waals surface area contributed by atoms with Gasteiger partial charge in [0.25, 0.3) is 0 Å². The number of nitrogens with one attached hydrogen (secondary N) is 1. The van der Waals surface area contributed by atoms with Crippen molar-refractivity contribution in [3.05, 3.63) is 36.5 Å². The number of carbonyl (C=O) groups is 1. The monoisotopic (exact) mass is 968 g/mol. The van der Waals surface area contributed by atoms with Crippen LogP contribution in [0.4, 0.5) is 0 Å².